The summed E-state index contributed by atoms with van der Waals surface area (Å²) in [6, 6.07) is 6.71. The van der Waals surface area contributed by atoms with Gasteiger partial charge in [-0.1, -0.05) is 17.7 Å². The zero-order valence-electron chi connectivity index (χ0n) is 15.8. The van der Waals surface area contributed by atoms with Crippen LogP contribution < -0.4 is 10.6 Å². The number of carbonyl (C=O) groups excluding carboxylic acids is 2. The predicted octanol–water partition coefficient (Wildman–Crippen LogP) is 2.74. The van der Waals surface area contributed by atoms with Gasteiger partial charge in [0.1, 0.15) is 0 Å². The molecule has 0 fully saturated rings. The number of nitrogens with one attached hydrogen (secondary N) is 2. The molecule has 0 saturated heterocycles. The number of nitrogens with zero attached hydrogens (tertiary/aromatic N) is 1. The van der Waals surface area contributed by atoms with Gasteiger partial charge >= 0.3 is 0 Å². The molecule has 0 aromatic heterocycles. The molecule has 8 heteroatoms. The van der Waals surface area contributed by atoms with E-state index in [0.717, 1.165) is 25.5 Å². The quantitative estimate of drug-likeness (QED) is 0.664. The Morgan fingerprint density at radius 2 is 1.85 bits per heavy atom. The fourth-order valence-corrected chi connectivity index (χ4v) is 3.78. The van der Waals surface area contributed by atoms with Gasteiger partial charge in [0.2, 0.25) is 21.8 Å². The summed E-state index contributed by atoms with van der Waals surface area (Å²) in [4.78, 5) is 23.5. The van der Waals surface area contributed by atoms with Crippen molar-refractivity contribution < 1.29 is 18.0 Å². The van der Waals surface area contributed by atoms with Gasteiger partial charge in [-0.3, -0.25) is 9.59 Å². The van der Waals surface area contributed by atoms with E-state index in [1.54, 1.807) is 24.3 Å². The monoisotopic (exact) mass is 393 g/mol. The fraction of sp³-hybridized carbons (Fsp3) is 0.474. The van der Waals surface area contributed by atoms with Gasteiger partial charge in [-0.25, -0.2) is 8.42 Å². The molecule has 148 valence electrons. The molecular weight excluding hydrogens is 366 g/mol. The number of hydrogen-bond acceptors (Lipinski definition) is 4. The van der Waals surface area contributed by atoms with E-state index in [1.165, 1.54) is 23.2 Å². The highest BCUT2D eigenvalue weighted by Gasteiger charge is 2.20. The van der Waals surface area contributed by atoms with Gasteiger partial charge in [-0.05, 0) is 50.3 Å². The van der Waals surface area contributed by atoms with E-state index in [1.807, 2.05) is 0 Å². The zero-order chi connectivity index (χ0) is 19.9. The van der Waals surface area contributed by atoms with E-state index in [2.05, 4.69) is 16.7 Å². The highest BCUT2D eigenvalue weighted by molar-refractivity contribution is 7.88. The van der Waals surface area contributed by atoms with E-state index >= 15 is 0 Å². The lowest BCUT2D eigenvalue weighted by atomic mass is 9.97. The van der Waals surface area contributed by atoms with Crippen LogP contribution in [-0.2, 0) is 19.6 Å². The first-order chi connectivity index (χ1) is 12.7. The minimum absolute atomic E-state index is 0.209. The predicted molar refractivity (Wildman–Crippen MR) is 107 cm³/mol. The van der Waals surface area contributed by atoms with Crippen molar-refractivity contribution in [1.82, 2.24) is 4.31 Å². The number of anilines is 2. The summed E-state index contributed by atoms with van der Waals surface area (Å²) in [6.45, 7) is 1.46. The molecule has 2 amide bonds. The second-order valence-electron chi connectivity index (χ2n) is 6.76. The van der Waals surface area contributed by atoms with Crippen molar-refractivity contribution in [3.05, 3.63) is 35.9 Å². The maximum atomic E-state index is 12.3. The number of amides is 2. The Morgan fingerprint density at radius 1 is 1.15 bits per heavy atom. The summed E-state index contributed by atoms with van der Waals surface area (Å²) in [5.41, 5.74) is 2.32. The van der Waals surface area contributed by atoms with Crippen molar-refractivity contribution >= 4 is 33.2 Å². The molecule has 0 saturated carbocycles. The first-order valence-electron chi connectivity index (χ1n) is 9.04. The molecule has 1 aliphatic carbocycles. The maximum Gasteiger partial charge on any atom is 0.239 e. The number of sulfonamides is 1. The minimum Gasteiger partial charge on any atom is -0.326 e. The Hall–Kier alpha value is -2.19. The first-order valence-corrected chi connectivity index (χ1v) is 10.9. The Kier molecular flexibility index (Phi) is 7.55. The van der Waals surface area contributed by atoms with Gasteiger partial charge in [-0.2, -0.15) is 4.31 Å². The van der Waals surface area contributed by atoms with Gasteiger partial charge in [-0.15, -0.1) is 0 Å². The molecule has 7 nitrogen and oxygen atoms in total. The van der Waals surface area contributed by atoms with Crippen molar-refractivity contribution in [2.45, 2.75) is 39.0 Å². The lowest BCUT2D eigenvalue weighted by Gasteiger charge is -2.21. The van der Waals surface area contributed by atoms with Crippen molar-refractivity contribution in [3.63, 3.8) is 0 Å². The van der Waals surface area contributed by atoms with Crippen LogP contribution in [0.3, 0.4) is 0 Å². The molecule has 2 rings (SSSR count). The Bertz CT molecular complexity index is 818. The second kappa shape index (κ2) is 9.66. The minimum atomic E-state index is -3.49. The SMILES string of the molecule is CC(=O)Nc1cccc(NC(=O)CN(CCC2=CCCCC2)S(C)(=O)=O)c1. The molecule has 0 radical (unpaired) electrons. The third kappa shape index (κ3) is 7.52. The van der Waals surface area contributed by atoms with E-state index in [9.17, 15) is 18.0 Å². The van der Waals surface area contributed by atoms with Crippen LogP contribution in [0.15, 0.2) is 35.9 Å². The third-order valence-electron chi connectivity index (χ3n) is 4.32. The number of rotatable bonds is 8. The molecule has 0 bridgehead atoms. The standard InChI is InChI=1S/C19H27N3O4S/c1-15(23)20-17-9-6-10-18(13-17)21-19(24)14-22(27(2,25)26)12-11-16-7-4-3-5-8-16/h6-7,9-10,13H,3-5,8,11-12,14H2,1-2H3,(H,20,23)(H,21,24). The lowest BCUT2D eigenvalue weighted by molar-refractivity contribution is -0.116. The Morgan fingerprint density at radius 3 is 2.44 bits per heavy atom. The smallest absolute Gasteiger partial charge is 0.239 e. The summed E-state index contributed by atoms with van der Waals surface area (Å²) >= 11 is 0. The molecule has 1 aromatic carbocycles. The largest absolute Gasteiger partial charge is 0.326 e. The van der Waals surface area contributed by atoms with Crippen LogP contribution in [0.2, 0.25) is 0 Å². The molecule has 1 aliphatic rings. The van der Waals surface area contributed by atoms with Crippen LogP contribution in [-0.4, -0.2) is 43.9 Å². The van der Waals surface area contributed by atoms with Crippen LogP contribution in [0.4, 0.5) is 11.4 Å². The Balaban J connectivity index is 1.97. The van der Waals surface area contributed by atoms with Crippen molar-refractivity contribution in [2.24, 2.45) is 0 Å². The second-order valence-corrected chi connectivity index (χ2v) is 8.75. The van der Waals surface area contributed by atoms with E-state index in [4.69, 9.17) is 0 Å². The summed E-state index contributed by atoms with van der Waals surface area (Å²) in [6.07, 6.45) is 8.30. The van der Waals surface area contributed by atoms with E-state index in [0.29, 0.717) is 24.3 Å². The number of benzene rings is 1. The van der Waals surface area contributed by atoms with Gasteiger partial charge < -0.3 is 10.6 Å². The number of hydrogen-bond donors (Lipinski definition) is 2. The van der Waals surface area contributed by atoms with Crippen LogP contribution in [0.25, 0.3) is 0 Å². The number of carbonyl (C=O) groups is 2. The molecule has 0 aliphatic heterocycles. The molecule has 2 N–H and O–H groups in total. The molecular formula is C19H27N3O4S. The van der Waals surface area contributed by atoms with Crippen molar-refractivity contribution in [2.75, 3.05) is 30.0 Å². The topological polar surface area (TPSA) is 95.6 Å². The zero-order valence-corrected chi connectivity index (χ0v) is 16.6. The highest BCUT2D eigenvalue weighted by atomic mass is 32.2. The van der Waals surface area contributed by atoms with Crippen LogP contribution in [0.1, 0.15) is 39.0 Å². The summed E-state index contributed by atoms with van der Waals surface area (Å²) in [5.74, 6) is -0.628. The summed E-state index contributed by atoms with van der Waals surface area (Å²) in [7, 11) is -3.49. The normalized spacial score (nSPS) is 14.6. The third-order valence-corrected chi connectivity index (χ3v) is 5.57. The average Bonchev–Trinajstić information content (AvgIpc) is 2.58. The van der Waals surface area contributed by atoms with Crippen molar-refractivity contribution in [3.8, 4) is 0 Å². The van der Waals surface area contributed by atoms with Crippen LogP contribution in [0, 0.1) is 0 Å². The van der Waals surface area contributed by atoms with Gasteiger partial charge in [0.25, 0.3) is 0 Å². The van der Waals surface area contributed by atoms with Crippen LogP contribution >= 0.6 is 0 Å². The van der Waals surface area contributed by atoms with E-state index < -0.39 is 15.9 Å². The fourth-order valence-electron chi connectivity index (χ4n) is 3.00. The van der Waals surface area contributed by atoms with Crippen molar-refractivity contribution in [1.29, 1.82) is 0 Å². The first kappa shape index (κ1) is 21.1. The van der Waals surface area contributed by atoms with Gasteiger partial charge in [0, 0.05) is 24.8 Å². The number of allylic oxidation sites excluding steroid dienone is 1. The van der Waals surface area contributed by atoms with Gasteiger partial charge in [0.05, 0.1) is 12.8 Å². The van der Waals surface area contributed by atoms with Crippen LogP contribution in [0.5, 0.6) is 0 Å². The van der Waals surface area contributed by atoms with E-state index in [-0.39, 0.29) is 12.5 Å². The average molecular weight is 394 g/mol. The molecule has 1 aromatic rings. The lowest BCUT2D eigenvalue weighted by Crippen LogP contribution is -2.38. The molecule has 0 heterocycles. The van der Waals surface area contributed by atoms with Gasteiger partial charge in [0.15, 0.2) is 0 Å². The Labute approximate surface area is 160 Å². The molecule has 0 unspecified atom stereocenters. The summed E-state index contributed by atoms with van der Waals surface area (Å²) < 4.78 is 25.3. The molecule has 27 heavy (non-hydrogen) atoms. The highest BCUT2D eigenvalue weighted by Crippen LogP contribution is 2.21. The summed E-state index contributed by atoms with van der Waals surface area (Å²) in [5, 5.41) is 5.32. The maximum absolute atomic E-state index is 12.3. The molecule has 0 spiro atoms. The molecule has 0 atom stereocenters.